The molecule has 0 N–H and O–H groups in total. The zero-order valence-corrected chi connectivity index (χ0v) is 7.40. The summed E-state index contributed by atoms with van der Waals surface area (Å²) in [6, 6.07) is 6.06. The Morgan fingerprint density at radius 2 is 2.00 bits per heavy atom. The summed E-state index contributed by atoms with van der Waals surface area (Å²) in [4.78, 5) is 0. The monoisotopic (exact) mass is 160 g/mol. The van der Waals surface area contributed by atoms with E-state index in [0.29, 0.717) is 0 Å². The molecule has 62 valence electrons. The van der Waals surface area contributed by atoms with Crippen LogP contribution < -0.4 is 4.57 Å². The van der Waals surface area contributed by atoms with Crippen LogP contribution in [0.2, 0.25) is 0 Å². The molecule has 1 heteroatoms. The van der Waals surface area contributed by atoms with Gasteiger partial charge in [0.05, 0.1) is 0 Å². The summed E-state index contributed by atoms with van der Waals surface area (Å²) < 4.78 is 2.12. The number of rotatable bonds is 3. The van der Waals surface area contributed by atoms with E-state index in [4.69, 9.17) is 0 Å². The van der Waals surface area contributed by atoms with Gasteiger partial charge in [-0.15, -0.1) is 0 Å². The lowest BCUT2D eigenvalue weighted by atomic mass is 10.3. The number of hydrogen-bond donors (Lipinski definition) is 0. The van der Waals surface area contributed by atoms with Gasteiger partial charge < -0.3 is 0 Å². The van der Waals surface area contributed by atoms with Gasteiger partial charge in [0, 0.05) is 12.1 Å². The minimum absolute atomic E-state index is 0.915. The third-order valence-electron chi connectivity index (χ3n) is 1.72. The minimum atomic E-state index is 0.915. The van der Waals surface area contributed by atoms with Gasteiger partial charge in [-0.3, -0.25) is 0 Å². The summed E-state index contributed by atoms with van der Waals surface area (Å²) in [6.07, 6.45) is 8.11. The maximum absolute atomic E-state index is 3.70. The quantitative estimate of drug-likeness (QED) is 0.471. The average Bonchev–Trinajstić information content (AvgIpc) is 2.16. The van der Waals surface area contributed by atoms with Crippen molar-refractivity contribution in [3.63, 3.8) is 0 Å². The molecule has 0 spiro atoms. The van der Waals surface area contributed by atoms with Gasteiger partial charge in [0.1, 0.15) is 0 Å². The SMILES string of the molecule is C=C/C(C)=C\C[n+]1ccccc1. The highest BCUT2D eigenvalue weighted by atomic mass is 14.9. The lowest BCUT2D eigenvalue weighted by Crippen LogP contribution is -2.31. The second-order valence-electron chi connectivity index (χ2n) is 2.72. The van der Waals surface area contributed by atoms with Gasteiger partial charge in [-0.05, 0) is 18.6 Å². The molecule has 0 aromatic carbocycles. The Kier molecular flexibility index (Phi) is 3.27. The van der Waals surface area contributed by atoms with Crippen LogP contribution in [0.4, 0.5) is 0 Å². The van der Waals surface area contributed by atoms with Gasteiger partial charge in [-0.25, -0.2) is 4.57 Å². The predicted molar refractivity (Wildman–Crippen MR) is 50.6 cm³/mol. The number of aromatic nitrogens is 1. The summed E-state index contributed by atoms with van der Waals surface area (Å²) in [5, 5.41) is 0. The van der Waals surface area contributed by atoms with Crippen LogP contribution in [0, 0.1) is 0 Å². The Hall–Kier alpha value is -1.37. The first-order chi connectivity index (χ1) is 5.83. The smallest absolute Gasteiger partial charge is 0.169 e. The van der Waals surface area contributed by atoms with Crippen LogP contribution in [-0.4, -0.2) is 0 Å². The molecule has 0 radical (unpaired) electrons. The van der Waals surface area contributed by atoms with E-state index in [9.17, 15) is 0 Å². The maximum atomic E-state index is 3.70. The fourth-order valence-corrected chi connectivity index (χ4v) is 0.889. The average molecular weight is 160 g/mol. The molecule has 0 aliphatic heterocycles. The number of hydrogen-bond acceptors (Lipinski definition) is 0. The fourth-order valence-electron chi connectivity index (χ4n) is 0.889. The third kappa shape index (κ3) is 2.70. The summed E-state index contributed by atoms with van der Waals surface area (Å²) in [5.41, 5.74) is 1.21. The zero-order chi connectivity index (χ0) is 8.81. The normalized spacial score (nSPS) is 11.2. The van der Waals surface area contributed by atoms with Gasteiger partial charge >= 0.3 is 0 Å². The summed E-state index contributed by atoms with van der Waals surface area (Å²) in [6.45, 7) is 6.66. The van der Waals surface area contributed by atoms with Crippen LogP contribution in [0.1, 0.15) is 6.92 Å². The van der Waals surface area contributed by atoms with E-state index in [2.05, 4.69) is 24.1 Å². The molecule has 1 aromatic rings. The molecule has 0 aliphatic rings. The summed E-state index contributed by atoms with van der Waals surface area (Å²) >= 11 is 0. The van der Waals surface area contributed by atoms with E-state index in [1.807, 2.05) is 36.7 Å². The Balaban J connectivity index is 2.60. The summed E-state index contributed by atoms with van der Waals surface area (Å²) in [5.74, 6) is 0. The minimum Gasteiger partial charge on any atom is -0.201 e. The van der Waals surface area contributed by atoms with Crippen LogP contribution in [0.25, 0.3) is 0 Å². The molecule has 1 rings (SSSR count). The second-order valence-corrected chi connectivity index (χ2v) is 2.72. The number of nitrogens with zero attached hydrogens (tertiary/aromatic N) is 1. The van der Waals surface area contributed by atoms with E-state index in [0.717, 1.165) is 6.54 Å². The largest absolute Gasteiger partial charge is 0.201 e. The van der Waals surface area contributed by atoms with E-state index >= 15 is 0 Å². The lowest BCUT2D eigenvalue weighted by molar-refractivity contribution is -0.687. The van der Waals surface area contributed by atoms with Crippen LogP contribution in [-0.2, 0) is 6.54 Å². The molecule has 0 saturated carbocycles. The first kappa shape index (κ1) is 8.72. The molecule has 0 amide bonds. The highest BCUT2D eigenvalue weighted by molar-refractivity contribution is 5.11. The summed E-state index contributed by atoms with van der Waals surface area (Å²) in [7, 11) is 0. The van der Waals surface area contributed by atoms with Crippen molar-refractivity contribution in [2.45, 2.75) is 13.5 Å². The van der Waals surface area contributed by atoms with Crippen molar-refractivity contribution in [2.24, 2.45) is 0 Å². The molecule has 0 unspecified atom stereocenters. The van der Waals surface area contributed by atoms with Crippen molar-refractivity contribution in [2.75, 3.05) is 0 Å². The van der Waals surface area contributed by atoms with Gasteiger partial charge in [0.25, 0.3) is 0 Å². The van der Waals surface area contributed by atoms with Crippen molar-refractivity contribution in [1.29, 1.82) is 0 Å². The number of allylic oxidation sites excluding steroid dienone is 3. The molecule has 0 saturated heterocycles. The van der Waals surface area contributed by atoms with Crippen molar-refractivity contribution in [1.82, 2.24) is 0 Å². The van der Waals surface area contributed by atoms with Crippen molar-refractivity contribution < 1.29 is 4.57 Å². The van der Waals surface area contributed by atoms with Gasteiger partial charge in [-0.1, -0.05) is 18.7 Å². The van der Waals surface area contributed by atoms with Gasteiger partial charge in [-0.2, -0.15) is 0 Å². The van der Waals surface area contributed by atoms with Crippen LogP contribution in [0.3, 0.4) is 0 Å². The highest BCUT2D eigenvalue weighted by Gasteiger charge is 1.92. The molecule has 1 aromatic heterocycles. The highest BCUT2D eigenvalue weighted by Crippen LogP contribution is 1.91. The third-order valence-corrected chi connectivity index (χ3v) is 1.72. The second kappa shape index (κ2) is 4.50. The van der Waals surface area contributed by atoms with Gasteiger partial charge in [0.2, 0.25) is 0 Å². The van der Waals surface area contributed by atoms with E-state index in [1.165, 1.54) is 5.57 Å². The van der Waals surface area contributed by atoms with E-state index in [-0.39, 0.29) is 0 Å². The Morgan fingerprint density at radius 1 is 1.33 bits per heavy atom. The Labute approximate surface area is 73.7 Å². The van der Waals surface area contributed by atoms with Gasteiger partial charge in [0.15, 0.2) is 18.9 Å². The first-order valence-corrected chi connectivity index (χ1v) is 4.06. The molecular weight excluding hydrogens is 146 g/mol. The van der Waals surface area contributed by atoms with E-state index in [1.54, 1.807) is 0 Å². The van der Waals surface area contributed by atoms with Crippen molar-refractivity contribution in [3.8, 4) is 0 Å². The standard InChI is InChI=1S/C11H14N/c1-3-11(2)7-10-12-8-5-4-6-9-12/h3-9H,1,10H2,2H3/q+1/b11-7-. The topological polar surface area (TPSA) is 3.88 Å². The zero-order valence-electron chi connectivity index (χ0n) is 7.40. The van der Waals surface area contributed by atoms with Crippen molar-refractivity contribution >= 4 is 0 Å². The molecular formula is C11H14N+. The predicted octanol–water partition coefficient (Wildman–Crippen LogP) is 2.11. The molecule has 0 atom stereocenters. The first-order valence-electron chi connectivity index (χ1n) is 4.06. The van der Waals surface area contributed by atoms with E-state index < -0.39 is 0 Å². The Morgan fingerprint density at radius 3 is 2.58 bits per heavy atom. The molecule has 0 fully saturated rings. The Bertz CT molecular complexity index is 272. The molecule has 0 bridgehead atoms. The van der Waals surface area contributed by atoms with Crippen molar-refractivity contribution in [3.05, 3.63) is 54.9 Å². The maximum Gasteiger partial charge on any atom is 0.169 e. The molecule has 1 nitrogen and oxygen atoms in total. The van der Waals surface area contributed by atoms with Crippen LogP contribution in [0.5, 0.6) is 0 Å². The molecule has 1 heterocycles. The molecule has 12 heavy (non-hydrogen) atoms. The van der Waals surface area contributed by atoms with Crippen LogP contribution >= 0.6 is 0 Å². The fraction of sp³-hybridized carbons (Fsp3) is 0.182. The van der Waals surface area contributed by atoms with Crippen LogP contribution in [0.15, 0.2) is 54.9 Å². The molecule has 0 aliphatic carbocycles. The lowest BCUT2D eigenvalue weighted by Gasteiger charge is -1.91. The number of pyridine rings is 1.